The molecule has 1 aromatic heterocycles. The number of ether oxygens (including phenoxy) is 1. The number of thiophene rings is 1. The number of aryl methyl sites for hydroxylation is 1. The normalized spacial score (nSPS) is 19.5. The molecule has 31 heavy (non-hydrogen) atoms. The summed E-state index contributed by atoms with van der Waals surface area (Å²) in [6, 6.07) is 6.48. The molecule has 2 aliphatic rings. The molecule has 0 bridgehead atoms. The molecule has 2 N–H and O–H groups in total. The van der Waals surface area contributed by atoms with Crippen LogP contribution in [-0.2, 0) is 27.5 Å². The number of nitrogens with one attached hydrogen (secondary N) is 2. The number of anilines is 1. The highest BCUT2D eigenvalue weighted by Gasteiger charge is 2.32. The molecule has 1 saturated heterocycles. The molecule has 1 fully saturated rings. The lowest BCUT2D eigenvalue weighted by atomic mass is 9.95. The Balaban J connectivity index is 1.49. The highest BCUT2D eigenvalue weighted by molar-refractivity contribution is 7.91. The van der Waals surface area contributed by atoms with Crippen LogP contribution >= 0.6 is 22.9 Å². The molecule has 1 aliphatic heterocycles. The van der Waals surface area contributed by atoms with E-state index in [0.29, 0.717) is 27.8 Å². The number of rotatable bonds is 6. The van der Waals surface area contributed by atoms with Crippen LogP contribution in [0.1, 0.15) is 40.1 Å². The summed E-state index contributed by atoms with van der Waals surface area (Å²) in [5.41, 5.74) is 1.41. The summed E-state index contributed by atoms with van der Waals surface area (Å²) in [6.07, 6.45) is 4.06. The van der Waals surface area contributed by atoms with Gasteiger partial charge in [0.15, 0.2) is 16.4 Å². The van der Waals surface area contributed by atoms with Gasteiger partial charge in [-0.05, 0) is 49.8 Å². The lowest BCUT2D eigenvalue weighted by Gasteiger charge is -2.15. The van der Waals surface area contributed by atoms with Gasteiger partial charge in [0.05, 0.1) is 22.1 Å². The smallest absolute Gasteiger partial charge is 0.262 e. The average molecular weight is 483 g/mol. The molecule has 166 valence electrons. The first kappa shape index (κ1) is 22.1. The molecular formula is C21H23ClN2O5S2. The largest absolute Gasteiger partial charge is 0.482 e. The van der Waals surface area contributed by atoms with Gasteiger partial charge in [0, 0.05) is 10.9 Å². The number of hydrogen-bond acceptors (Lipinski definition) is 6. The first-order valence-corrected chi connectivity index (χ1v) is 13.2. The summed E-state index contributed by atoms with van der Waals surface area (Å²) in [5.74, 6) is -0.272. The van der Waals surface area contributed by atoms with Crippen molar-refractivity contribution in [1.29, 1.82) is 0 Å². The number of hydrogen-bond donors (Lipinski definition) is 2. The van der Waals surface area contributed by atoms with Gasteiger partial charge in [-0.2, -0.15) is 0 Å². The van der Waals surface area contributed by atoms with E-state index in [1.165, 1.54) is 11.3 Å². The van der Waals surface area contributed by atoms with E-state index in [1.807, 2.05) is 0 Å². The van der Waals surface area contributed by atoms with Crippen LogP contribution in [-0.4, -0.2) is 44.4 Å². The van der Waals surface area contributed by atoms with E-state index in [2.05, 4.69) is 10.6 Å². The average Bonchev–Trinajstić information content (AvgIpc) is 3.26. The predicted molar refractivity (Wildman–Crippen MR) is 121 cm³/mol. The Bertz CT molecular complexity index is 1110. The minimum absolute atomic E-state index is 0.0432. The Morgan fingerprint density at radius 2 is 1.97 bits per heavy atom. The highest BCUT2D eigenvalue weighted by atomic mass is 35.5. The minimum Gasteiger partial charge on any atom is -0.482 e. The summed E-state index contributed by atoms with van der Waals surface area (Å²) in [4.78, 5) is 26.7. The molecule has 4 rings (SSSR count). The van der Waals surface area contributed by atoms with E-state index in [4.69, 9.17) is 16.3 Å². The lowest BCUT2D eigenvalue weighted by Crippen LogP contribution is -2.36. The zero-order valence-corrected chi connectivity index (χ0v) is 19.2. The number of carbonyl (C=O) groups is 2. The molecule has 0 unspecified atom stereocenters. The van der Waals surface area contributed by atoms with Crippen molar-refractivity contribution in [1.82, 2.24) is 5.32 Å². The van der Waals surface area contributed by atoms with Crippen LogP contribution in [0.15, 0.2) is 24.3 Å². The summed E-state index contributed by atoms with van der Waals surface area (Å²) < 4.78 is 29.0. The highest BCUT2D eigenvalue weighted by Crippen LogP contribution is 2.38. The van der Waals surface area contributed by atoms with Crippen molar-refractivity contribution < 1.29 is 22.7 Å². The molecule has 1 atom stereocenters. The molecule has 1 aliphatic carbocycles. The van der Waals surface area contributed by atoms with E-state index in [9.17, 15) is 18.0 Å². The van der Waals surface area contributed by atoms with Crippen LogP contribution in [0, 0.1) is 0 Å². The van der Waals surface area contributed by atoms with Crippen molar-refractivity contribution in [3.05, 3.63) is 45.3 Å². The third-order valence-corrected chi connectivity index (χ3v) is 8.70. The maximum absolute atomic E-state index is 13.1. The molecule has 0 radical (unpaired) electrons. The zero-order valence-electron chi connectivity index (χ0n) is 16.8. The summed E-state index contributed by atoms with van der Waals surface area (Å²) >= 11 is 7.46. The second kappa shape index (κ2) is 9.18. The predicted octanol–water partition coefficient (Wildman–Crippen LogP) is 3.21. The number of para-hydroxylation sites is 1. The van der Waals surface area contributed by atoms with Crippen molar-refractivity contribution in [2.45, 2.75) is 38.1 Å². The van der Waals surface area contributed by atoms with Crippen LogP contribution in [0.2, 0.25) is 5.02 Å². The standard InChI is InChI=1S/C21H23ClN2O5S2/c22-15-6-2-3-7-16(15)29-11-18(25)24-21-19(14-5-1-4-8-17(14)30-21)20(26)23-13-9-10-31(27,28)12-13/h2-3,6-7,13H,1,4-5,8-12H2,(H,23,26)(H,24,25)/t13-/m0/s1. The van der Waals surface area contributed by atoms with E-state index < -0.39 is 21.8 Å². The summed E-state index contributed by atoms with van der Waals surface area (Å²) in [6.45, 7) is -0.242. The Morgan fingerprint density at radius 1 is 1.19 bits per heavy atom. The van der Waals surface area contributed by atoms with Crippen molar-refractivity contribution in [3.8, 4) is 5.75 Å². The second-order valence-electron chi connectivity index (χ2n) is 7.76. The molecule has 0 saturated carbocycles. The van der Waals surface area contributed by atoms with Gasteiger partial charge in [-0.1, -0.05) is 23.7 Å². The van der Waals surface area contributed by atoms with Gasteiger partial charge < -0.3 is 15.4 Å². The number of amides is 2. The topological polar surface area (TPSA) is 102 Å². The Kier molecular flexibility index (Phi) is 6.55. The first-order valence-electron chi connectivity index (χ1n) is 10.2. The molecule has 7 nitrogen and oxygen atoms in total. The Hall–Kier alpha value is -2.10. The lowest BCUT2D eigenvalue weighted by molar-refractivity contribution is -0.118. The van der Waals surface area contributed by atoms with Gasteiger partial charge in [0.1, 0.15) is 10.8 Å². The van der Waals surface area contributed by atoms with Crippen LogP contribution in [0.4, 0.5) is 5.00 Å². The van der Waals surface area contributed by atoms with Gasteiger partial charge in [-0.3, -0.25) is 9.59 Å². The number of fused-ring (bicyclic) bond motifs is 1. The molecule has 2 aromatic rings. The Morgan fingerprint density at radius 3 is 2.71 bits per heavy atom. The van der Waals surface area contributed by atoms with Crippen LogP contribution < -0.4 is 15.4 Å². The first-order chi connectivity index (χ1) is 14.8. The number of carbonyl (C=O) groups excluding carboxylic acids is 2. The fourth-order valence-electron chi connectivity index (χ4n) is 3.93. The van der Waals surface area contributed by atoms with Crippen molar-refractivity contribution in [3.63, 3.8) is 0 Å². The van der Waals surface area contributed by atoms with Crippen LogP contribution in [0.3, 0.4) is 0 Å². The molecule has 2 heterocycles. The third-order valence-electron chi connectivity index (χ3n) is 5.41. The van der Waals surface area contributed by atoms with E-state index in [-0.39, 0.29) is 24.0 Å². The van der Waals surface area contributed by atoms with Crippen LogP contribution in [0.5, 0.6) is 5.75 Å². The molecule has 2 amide bonds. The Labute approximate surface area is 190 Å². The van der Waals surface area contributed by atoms with Gasteiger partial charge in [-0.25, -0.2) is 8.42 Å². The molecule has 1 aromatic carbocycles. The SMILES string of the molecule is O=C(COc1ccccc1Cl)Nc1sc2c(c1C(=O)N[C@H]1CCS(=O)(=O)C1)CCCC2. The number of benzene rings is 1. The van der Waals surface area contributed by atoms with E-state index in [1.54, 1.807) is 24.3 Å². The summed E-state index contributed by atoms with van der Waals surface area (Å²) in [5, 5.41) is 6.56. The number of sulfone groups is 1. The van der Waals surface area contributed by atoms with Gasteiger partial charge in [-0.15, -0.1) is 11.3 Å². The van der Waals surface area contributed by atoms with Gasteiger partial charge >= 0.3 is 0 Å². The zero-order chi connectivity index (χ0) is 22.0. The maximum atomic E-state index is 13.1. The second-order valence-corrected chi connectivity index (χ2v) is 11.5. The van der Waals surface area contributed by atoms with E-state index in [0.717, 1.165) is 36.1 Å². The molecular weight excluding hydrogens is 460 g/mol. The summed E-state index contributed by atoms with van der Waals surface area (Å²) in [7, 11) is -3.10. The van der Waals surface area contributed by atoms with Gasteiger partial charge in [0.25, 0.3) is 11.8 Å². The fraction of sp³-hybridized carbons (Fsp3) is 0.429. The minimum atomic E-state index is -3.10. The van der Waals surface area contributed by atoms with Crippen molar-refractivity contribution in [2.75, 3.05) is 23.4 Å². The van der Waals surface area contributed by atoms with Gasteiger partial charge in [0.2, 0.25) is 0 Å². The third kappa shape index (κ3) is 5.22. The molecule has 10 heteroatoms. The van der Waals surface area contributed by atoms with E-state index >= 15 is 0 Å². The van der Waals surface area contributed by atoms with Crippen molar-refractivity contribution in [2.24, 2.45) is 0 Å². The maximum Gasteiger partial charge on any atom is 0.262 e. The van der Waals surface area contributed by atoms with Crippen LogP contribution in [0.25, 0.3) is 0 Å². The quantitative estimate of drug-likeness (QED) is 0.658. The monoisotopic (exact) mass is 482 g/mol. The number of halogens is 1. The fourth-order valence-corrected chi connectivity index (χ4v) is 7.09. The molecule has 0 spiro atoms. The van der Waals surface area contributed by atoms with Crippen molar-refractivity contribution >= 4 is 49.6 Å².